The van der Waals surface area contributed by atoms with Crippen LogP contribution < -0.4 is 4.31 Å². The van der Waals surface area contributed by atoms with Crippen LogP contribution in [0.5, 0.6) is 0 Å². The third kappa shape index (κ3) is 6.18. The van der Waals surface area contributed by atoms with E-state index in [2.05, 4.69) is 0 Å². The summed E-state index contributed by atoms with van der Waals surface area (Å²) in [4.78, 5) is 26.0. The molecule has 0 aliphatic carbocycles. The van der Waals surface area contributed by atoms with E-state index < -0.39 is 27.7 Å². The van der Waals surface area contributed by atoms with E-state index in [-0.39, 0.29) is 47.5 Å². The summed E-state index contributed by atoms with van der Waals surface area (Å²) >= 11 is 6.19. The first-order valence-corrected chi connectivity index (χ1v) is 11.4. The number of sulfonamides is 1. The minimum atomic E-state index is -4.09. The molecule has 174 valence electrons. The van der Waals surface area contributed by atoms with Gasteiger partial charge in [0.1, 0.15) is 12.4 Å². The smallest absolute Gasteiger partial charge is 0.325 e. The first kappa shape index (κ1) is 25.6. The molecule has 0 fully saturated rings. The number of halogens is 2. The molecule has 0 saturated heterocycles. The van der Waals surface area contributed by atoms with Crippen molar-refractivity contribution in [3.63, 3.8) is 0 Å². The summed E-state index contributed by atoms with van der Waals surface area (Å²) in [5.74, 6) is -1.77. The van der Waals surface area contributed by atoms with Crippen molar-refractivity contribution in [1.82, 2.24) is 4.90 Å². The number of carbonyl (C=O) groups is 2. The minimum Gasteiger partial charge on any atom is -0.465 e. The van der Waals surface area contributed by atoms with Crippen LogP contribution in [-0.4, -0.2) is 65.7 Å². The lowest BCUT2D eigenvalue weighted by molar-refractivity contribution is -0.143. The van der Waals surface area contributed by atoms with Gasteiger partial charge in [-0.15, -0.1) is 0 Å². The van der Waals surface area contributed by atoms with Crippen LogP contribution in [0.2, 0.25) is 5.02 Å². The van der Waals surface area contributed by atoms with Crippen LogP contribution in [0.4, 0.5) is 10.1 Å². The van der Waals surface area contributed by atoms with Gasteiger partial charge >= 0.3 is 5.97 Å². The number of hydrogen-bond acceptors (Lipinski definition) is 6. The molecule has 32 heavy (non-hydrogen) atoms. The van der Waals surface area contributed by atoms with E-state index in [0.717, 1.165) is 22.5 Å². The van der Waals surface area contributed by atoms with Gasteiger partial charge in [-0.25, -0.2) is 12.8 Å². The van der Waals surface area contributed by atoms with Crippen molar-refractivity contribution >= 4 is 39.2 Å². The molecule has 0 bridgehead atoms. The zero-order valence-corrected chi connectivity index (χ0v) is 19.5. The molecule has 0 spiro atoms. The molecule has 11 heteroatoms. The van der Waals surface area contributed by atoms with Crippen molar-refractivity contribution in [2.75, 3.05) is 44.8 Å². The summed E-state index contributed by atoms with van der Waals surface area (Å²) in [5.41, 5.74) is 0.138. The van der Waals surface area contributed by atoms with Gasteiger partial charge in [0, 0.05) is 20.7 Å². The lowest BCUT2D eigenvalue weighted by Gasteiger charge is -2.23. The van der Waals surface area contributed by atoms with Gasteiger partial charge in [-0.3, -0.25) is 13.9 Å². The number of esters is 1. The number of ether oxygens (including phenoxy) is 2. The third-order valence-electron chi connectivity index (χ3n) is 4.49. The van der Waals surface area contributed by atoms with Crippen molar-refractivity contribution in [1.29, 1.82) is 0 Å². The maximum absolute atomic E-state index is 13.2. The molecule has 0 saturated carbocycles. The van der Waals surface area contributed by atoms with Crippen LogP contribution in [0.15, 0.2) is 47.4 Å². The van der Waals surface area contributed by atoms with Gasteiger partial charge in [0.2, 0.25) is 0 Å². The Morgan fingerprint density at radius 1 is 1.12 bits per heavy atom. The molecule has 0 aromatic heterocycles. The molecule has 2 aromatic carbocycles. The Labute approximate surface area is 191 Å². The summed E-state index contributed by atoms with van der Waals surface area (Å²) in [6.45, 7) is 1.65. The fourth-order valence-electron chi connectivity index (χ4n) is 2.76. The maximum Gasteiger partial charge on any atom is 0.325 e. The molecule has 0 N–H and O–H groups in total. The van der Waals surface area contributed by atoms with Gasteiger partial charge in [-0.05, 0) is 49.4 Å². The topological polar surface area (TPSA) is 93.2 Å². The normalized spacial score (nSPS) is 11.2. The maximum atomic E-state index is 13.2. The van der Waals surface area contributed by atoms with E-state index in [1.165, 1.54) is 43.3 Å². The molecular formula is C21H24ClFN2O6S. The molecule has 2 aromatic rings. The van der Waals surface area contributed by atoms with Crippen LogP contribution >= 0.6 is 11.6 Å². The fourth-order valence-corrected chi connectivity index (χ4v) is 4.18. The average Bonchev–Trinajstić information content (AvgIpc) is 2.76. The quantitative estimate of drug-likeness (QED) is 0.479. The van der Waals surface area contributed by atoms with Crippen molar-refractivity contribution in [3.05, 3.63) is 58.9 Å². The van der Waals surface area contributed by atoms with Gasteiger partial charge in [-0.2, -0.15) is 0 Å². The van der Waals surface area contributed by atoms with Gasteiger partial charge < -0.3 is 14.4 Å². The highest BCUT2D eigenvalue weighted by Gasteiger charge is 2.26. The Balaban J connectivity index is 2.39. The average molecular weight is 487 g/mol. The second kappa shape index (κ2) is 11.3. The Morgan fingerprint density at radius 3 is 2.38 bits per heavy atom. The third-order valence-corrected chi connectivity index (χ3v) is 6.61. The minimum absolute atomic E-state index is 0.0182. The van der Waals surface area contributed by atoms with E-state index >= 15 is 0 Å². The summed E-state index contributed by atoms with van der Waals surface area (Å²) in [7, 11) is -1.33. The lowest BCUT2D eigenvalue weighted by Crippen LogP contribution is -2.39. The summed E-state index contributed by atoms with van der Waals surface area (Å²) < 4.78 is 50.2. The Kier molecular flexibility index (Phi) is 8.99. The highest BCUT2D eigenvalue weighted by atomic mass is 35.5. The summed E-state index contributed by atoms with van der Waals surface area (Å²) in [5, 5.41) is 0.0182. The Bertz CT molecular complexity index is 1060. The van der Waals surface area contributed by atoms with Gasteiger partial charge in [0.05, 0.1) is 34.4 Å². The molecule has 0 unspecified atom stereocenters. The number of nitrogens with zero attached hydrogens (tertiary/aromatic N) is 2. The second-order valence-corrected chi connectivity index (χ2v) is 8.99. The van der Waals surface area contributed by atoms with E-state index in [9.17, 15) is 22.4 Å². The van der Waals surface area contributed by atoms with E-state index in [1.54, 1.807) is 6.92 Å². The summed E-state index contributed by atoms with van der Waals surface area (Å²) in [6.07, 6.45) is 0. The lowest BCUT2D eigenvalue weighted by atomic mass is 10.2. The molecular weight excluding hydrogens is 463 g/mol. The number of rotatable bonds is 10. The van der Waals surface area contributed by atoms with Crippen molar-refractivity contribution in [2.45, 2.75) is 11.8 Å². The van der Waals surface area contributed by atoms with Crippen molar-refractivity contribution in [3.8, 4) is 0 Å². The number of benzene rings is 2. The summed E-state index contributed by atoms with van der Waals surface area (Å²) in [6, 6.07) is 8.62. The van der Waals surface area contributed by atoms with Gasteiger partial charge in [-0.1, -0.05) is 11.6 Å². The van der Waals surface area contributed by atoms with E-state index in [0.29, 0.717) is 0 Å². The van der Waals surface area contributed by atoms with Crippen LogP contribution in [0.3, 0.4) is 0 Å². The predicted octanol–water partition coefficient (Wildman–Crippen LogP) is 2.96. The highest BCUT2D eigenvalue weighted by molar-refractivity contribution is 7.92. The van der Waals surface area contributed by atoms with Gasteiger partial charge in [0.15, 0.2) is 0 Å². The Hall–Kier alpha value is -2.69. The SMILES string of the molecule is CCOC(=O)CN(CCOC)C(=O)c1cc(S(=O)(=O)N(C)c2ccc(F)cc2)ccc1Cl. The molecule has 0 radical (unpaired) electrons. The molecule has 1 amide bonds. The molecule has 2 rings (SSSR count). The monoisotopic (exact) mass is 486 g/mol. The van der Waals surface area contributed by atoms with Crippen molar-refractivity contribution < 1.29 is 31.9 Å². The zero-order valence-electron chi connectivity index (χ0n) is 17.9. The number of hydrogen-bond donors (Lipinski definition) is 0. The Morgan fingerprint density at radius 2 is 1.78 bits per heavy atom. The standard InChI is InChI=1S/C21H24ClFN2O6S/c1-4-31-20(26)14-25(11-12-30-3)21(27)18-13-17(9-10-19(18)22)32(28,29)24(2)16-7-5-15(23)6-8-16/h5-10,13H,4,11-12,14H2,1-3H3. The highest BCUT2D eigenvalue weighted by Crippen LogP contribution is 2.26. The second-order valence-electron chi connectivity index (χ2n) is 6.62. The van der Waals surface area contributed by atoms with Crippen LogP contribution in [0.25, 0.3) is 0 Å². The first-order valence-electron chi connectivity index (χ1n) is 9.59. The van der Waals surface area contributed by atoms with E-state index in [1.807, 2.05) is 0 Å². The molecule has 0 aliphatic heterocycles. The molecule has 0 heterocycles. The number of amides is 1. The van der Waals surface area contributed by atoms with Crippen LogP contribution in [-0.2, 0) is 24.3 Å². The zero-order chi connectivity index (χ0) is 23.9. The number of anilines is 1. The largest absolute Gasteiger partial charge is 0.465 e. The molecule has 8 nitrogen and oxygen atoms in total. The number of methoxy groups -OCH3 is 1. The fraction of sp³-hybridized carbons (Fsp3) is 0.333. The van der Waals surface area contributed by atoms with Crippen molar-refractivity contribution in [2.24, 2.45) is 0 Å². The van der Waals surface area contributed by atoms with E-state index in [4.69, 9.17) is 21.1 Å². The van der Waals surface area contributed by atoms with Gasteiger partial charge in [0.25, 0.3) is 15.9 Å². The number of carbonyl (C=O) groups excluding carboxylic acids is 2. The molecule has 0 aliphatic rings. The first-order chi connectivity index (χ1) is 15.1. The predicted molar refractivity (Wildman–Crippen MR) is 118 cm³/mol. The van der Waals surface area contributed by atoms with Crippen LogP contribution in [0.1, 0.15) is 17.3 Å². The molecule has 0 atom stereocenters. The van der Waals surface area contributed by atoms with Crippen LogP contribution in [0, 0.1) is 5.82 Å².